The van der Waals surface area contributed by atoms with Gasteiger partial charge in [-0.3, -0.25) is 0 Å². The molecule has 0 aliphatic carbocycles. The number of hydrogen-bond acceptors (Lipinski definition) is 2. The molecule has 2 rings (SSSR count). The molecule has 0 aromatic carbocycles. The Balaban J connectivity index is 2.51. The van der Waals surface area contributed by atoms with E-state index in [1.54, 1.807) is 0 Å². The van der Waals surface area contributed by atoms with Gasteiger partial charge in [-0.15, -0.1) is 0 Å². The van der Waals surface area contributed by atoms with Gasteiger partial charge in [0.15, 0.2) is 0 Å². The minimum absolute atomic E-state index is 0.0692. The summed E-state index contributed by atoms with van der Waals surface area (Å²) < 4.78 is 2.34. The van der Waals surface area contributed by atoms with Crippen molar-refractivity contribution in [1.29, 1.82) is 5.26 Å². The molecule has 0 amide bonds. The van der Waals surface area contributed by atoms with Gasteiger partial charge in [-0.25, -0.2) is 4.98 Å². The Labute approximate surface area is 97.1 Å². The van der Waals surface area contributed by atoms with Crippen molar-refractivity contribution in [3.05, 3.63) is 17.2 Å². The molecule has 0 spiro atoms. The standard InChI is InChI=1S/C13H19N3/c1-13(2,3)12-15-10(7-8-14)11-6-4-5-9-16(11)12/h4-7,9H2,1-3H3. The molecule has 0 radical (unpaired) electrons. The third-order valence-corrected chi connectivity index (χ3v) is 3.12. The first kappa shape index (κ1) is 11.2. The van der Waals surface area contributed by atoms with Crippen LogP contribution in [-0.2, 0) is 24.8 Å². The van der Waals surface area contributed by atoms with Gasteiger partial charge in [-0.1, -0.05) is 20.8 Å². The van der Waals surface area contributed by atoms with E-state index < -0.39 is 0 Å². The maximum atomic E-state index is 8.83. The zero-order chi connectivity index (χ0) is 11.8. The molecule has 0 saturated carbocycles. The minimum Gasteiger partial charge on any atom is -0.331 e. The highest BCUT2D eigenvalue weighted by Gasteiger charge is 2.26. The van der Waals surface area contributed by atoms with Gasteiger partial charge in [0, 0.05) is 17.7 Å². The molecule has 1 aromatic heterocycles. The highest BCUT2D eigenvalue weighted by atomic mass is 15.1. The topological polar surface area (TPSA) is 41.6 Å². The maximum absolute atomic E-state index is 8.83. The van der Waals surface area contributed by atoms with Crippen molar-refractivity contribution in [3.63, 3.8) is 0 Å². The fourth-order valence-electron chi connectivity index (χ4n) is 2.41. The van der Waals surface area contributed by atoms with Crippen LogP contribution in [0.25, 0.3) is 0 Å². The van der Waals surface area contributed by atoms with Crippen molar-refractivity contribution in [2.45, 2.75) is 58.4 Å². The van der Waals surface area contributed by atoms with Gasteiger partial charge in [0.1, 0.15) is 5.82 Å². The maximum Gasteiger partial charge on any atom is 0.114 e. The molecule has 0 atom stereocenters. The van der Waals surface area contributed by atoms with Crippen molar-refractivity contribution in [1.82, 2.24) is 9.55 Å². The summed E-state index contributed by atoms with van der Waals surface area (Å²) in [5.41, 5.74) is 2.38. The van der Waals surface area contributed by atoms with Gasteiger partial charge >= 0.3 is 0 Å². The number of rotatable bonds is 1. The van der Waals surface area contributed by atoms with Crippen LogP contribution in [0.3, 0.4) is 0 Å². The van der Waals surface area contributed by atoms with Crippen molar-refractivity contribution < 1.29 is 0 Å². The predicted octanol–water partition coefficient (Wildman–Crippen LogP) is 2.58. The summed E-state index contributed by atoms with van der Waals surface area (Å²) in [6.45, 7) is 7.63. The Morgan fingerprint density at radius 2 is 2.12 bits per heavy atom. The Hall–Kier alpha value is -1.30. The van der Waals surface area contributed by atoms with Crippen molar-refractivity contribution in [3.8, 4) is 6.07 Å². The van der Waals surface area contributed by atoms with E-state index in [4.69, 9.17) is 10.2 Å². The van der Waals surface area contributed by atoms with Crippen molar-refractivity contribution >= 4 is 0 Å². The van der Waals surface area contributed by atoms with Crippen LogP contribution in [-0.4, -0.2) is 9.55 Å². The first-order valence-electron chi connectivity index (χ1n) is 5.99. The highest BCUT2D eigenvalue weighted by molar-refractivity contribution is 5.24. The smallest absolute Gasteiger partial charge is 0.114 e. The molecule has 3 nitrogen and oxygen atoms in total. The Morgan fingerprint density at radius 1 is 1.38 bits per heavy atom. The number of nitrogens with zero attached hydrogens (tertiary/aromatic N) is 3. The summed E-state index contributed by atoms with van der Waals surface area (Å²) in [5.74, 6) is 1.15. The molecule has 0 fully saturated rings. The van der Waals surface area contributed by atoms with Gasteiger partial charge in [0.2, 0.25) is 0 Å². The second kappa shape index (κ2) is 3.93. The van der Waals surface area contributed by atoms with E-state index in [0.717, 1.165) is 24.5 Å². The van der Waals surface area contributed by atoms with E-state index in [2.05, 4.69) is 31.4 Å². The molecule has 3 heteroatoms. The minimum atomic E-state index is 0.0692. The van der Waals surface area contributed by atoms with E-state index in [9.17, 15) is 0 Å². The first-order valence-corrected chi connectivity index (χ1v) is 5.99. The highest BCUT2D eigenvalue weighted by Crippen LogP contribution is 2.28. The molecular weight excluding hydrogens is 198 g/mol. The lowest BCUT2D eigenvalue weighted by molar-refractivity contribution is 0.453. The van der Waals surface area contributed by atoms with Crippen molar-refractivity contribution in [2.24, 2.45) is 0 Å². The van der Waals surface area contributed by atoms with Crippen LogP contribution in [0.15, 0.2) is 0 Å². The number of aromatic nitrogens is 2. The molecule has 16 heavy (non-hydrogen) atoms. The zero-order valence-corrected chi connectivity index (χ0v) is 10.4. The first-order chi connectivity index (χ1) is 7.54. The van der Waals surface area contributed by atoms with E-state index >= 15 is 0 Å². The zero-order valence-electron chi connectivity index (χ0n) is 10.4. The van der Waals surface area contributed by atoms with Crippen LogP contribution in [0, 0.1) is 11.3 Å². The van der Waals surface area contributed by atoms with Crippen LogP contribution in [0.2, 0.25) is 0 Å². The summed E-state index contributed by atoms with van der Waals surface area (Å²) in [5, 5.41) is 8.83. The quantitative estimate of drug-likeness (QED) is 0.725. The molecule has 0 N–H and O–H groups in total. The van der Waals surface area contributed by atoms with E-state index in [1.807, 2.05) is 0 Å². The lowest BCUT2D eigenvalue weighted by Crippen LogP contribution is -2.22. The average molecular weight is 217 g/mol. The summed E-state index contributed by atoms with van der Waals surface area (Å²) in [7, 11) is 0. The number of nitriles is 1. The van der Waals surface area contributed by atoms with Gasteiger partial charge in [0.25, 0.3) is 0 Å². The molecule has 0 unspecified atom stereocenters. The molecule has 0 bridgehead atoms. The summed E-state index contributed by atoms with van der Waals surface area (Å²) >= 11 is 0. The predicted molar refractivity (Wildman–Crippen MR) is 63.2 cm³/mol. The second-order valence-electron chi connectivity index (χ2n) is 5.52. The van der Waals surface area contributed by atoms with E-state index in [0.29, 0.717) is 6.42 Å². The van der Waals surface area contributed by atoms with Gasteiger partial charge in [0.05, 0.1) is 18.2 Å². The van der Waals surface area contributed by atoms with Crippen LogP contribution in [0.1, 0.15) is 50.8 Å². The largest absolute Gasteiger partial charge is 0.331 e. The summed E-state index contributed by atoms with van der Waals surface area (Å²) in [4.78, 5) is 4.69. The monoisotopic (exact) mass is 217 g/mol. The fraction of sp³-hybridized carbons (Fsp3) is 0.692. The van der Waals surface area contributed by atoms with E-state index in [-0.39, 0.29) is 5.41 Å². The SMILES string of the molecule is CC(C)(C)c1nc(CC#N)c2n1CCCC2. The molecule has 0 saturated heterocycles. The lowest BCUT2D eigenvalue weighted by atomic mass is 9.95. The Morgan fingerprint density at radius 3 is 2.75 bits per heavy atom. The van der Waals surface area contributed by atoms with Gasteiger partial charge in [-0.2, -0.15) is 5.26 Å². The van der Waals surface area contributed by atoms with Crippen LogP contribution in [0.5, 0.6) is 0 Å². The molecular formula is C13H19N3. The third-order valence-electron chi connectivity index (χ3n) is 3.12. The number of fused-ring (bicyclic) bond motifs is 1. The van der Waals surface area contributed by atoms with Gasteiger partial charge < -0.3 is 4.57 Å². The molecule has 1 aromatic rings. The molecule has 2 heterocycles. The van der Waals surface area contributed by atoms with Crippen LogP contribution in [0.4, 0.5) is 0 Å². The second-order valence-corrected chi connectivity index (χ2v) is 5.52. The lowest BCUT2D eigenvalue weighted by Gasteiger charge is -2.23. The Kier molecular flexibility index (Phi) is 2.75. The normalized spacial score (nSPS) is 15.6. The summed E-state index contributed by atoms with van der Waals surface area (Å²) in [6.07, 6.45) is 4.00. The third kappa shape index (κ3) is 1.84. The van der Waals surface area contributed by atoms with Crippen LogP contribution < -0.4 is 0 Å². The molecule has 1 aliphatic rings. The van der Waals surface area contributed by atoms with Gasteiger partial charge in [-0.05, 0) is 19.3 Å². The average Bonchev–Trinajstić information content (AvgIpc) is 2.58. The number of hydrogen-bond donors (Lipinski definition) is 0. The van der Waals surface area contributed by atoms with E-state index in [1.165, 1.54) is 18.5 Å². The molecule has 86 valence electrons. The van der Waals surface area contributed by atoms with Crippen LogP contribution >= 0.6 is 0 Å². The Bertz CT molecular complexity index is 429. The summed E-state index contributed by atoms with van der Waals surface area (Å²) in [6, 6.07) is 2.22. The van der Waals surface area contributed by atoms with Crippen molar-refractivity contribution in [2.75, 3.05) is 0 Å². The number of imidazole rings is 1. The fourth-order valence-corrected chi connectivity index (χ4v) is 2.41. The molecule has 1 aliphatic heterocycles.